The van der Waals surface area contributed by atoms with E-state index in [1.807, 2.05) is 0 Å². The van der Waals surface area contributed by atoms with Gasteiger partial charge in [-0.05, 0) is 44.5 Å². The number of carbonyl (C=O) groups is 1. The average Bonchev–Trinajstić information content (AvgIpc) is 2.14. The summed E-state index contributed by atoms with van der Waals surface area (Å²) in [6.07, 6.45) is 0. The van der Waals surface area contributed by atoms with Crippen LogP contribution in [-0.2, 0) is 11.3 Å². The lowest BCUT2D eigenvalue weighted by Crippen LogP contribution is -2.24. The van der Waals surface area contributed by atoms with Crippen LogP contribution in [0.4, 0.5) is 0 Å². The van der Waals surface area contributed by atoms with Crippen molar-refractivity contribution in [3.05, 3.63) is 38.7 Å². The molecule has 0 fully saturated rings. The van der Waals surface area contributed by atoms with Crippen molar-refractivity contribution in [2.45, 2.75) is 32.9 Å². The lowest BCUT2D eigenvalue weighted by molar-refractivity contribution is 0.00693. The fourth-order valence-corrected chi connectivity index (χ4v) is 1.81. The first-order valence-electron chi connectivity index (χ1n) is 5.14. The van der Waals surface area contributed by atoms with Crippen LogP contribution in [0.15, 0.2) is 27.8 Å². The van der Waals surface area contributed by atoms with Crippen LogP contribution in [0.3, 0.4) is 0 Å². The molecule has 0 saturated heterocycles. The summed E-state index contributed by atoms with van der Waals surface area (Å²) in [7, 11) is 0. The van der Waals surface area contributed by atoms with Gasteiger partial charge in [-0.15, -0.1) is 0 Å². The Morgan fingerprint density at radius 2 is 2.00 bits per heavy atom. The van der Waals surface area contributed by atoms with E-state index in [1.54, 1.807) is 39.0 Å². The number of halogens is 1. The van der Waals surface area contributed by atoms with Crippen molar-refractivity contribution in [2.75, 3.05) is 0 Å². The van der Waals surface area contributed by atoms with Crippen molar-refractivity contribution in [3.8, 4) is 0 Å². The zero-order chi connectivity index (χ0) is 13.1. The molecule has 1 rings (SSSR count). The molecule has 0 saturated carbocycles. The van der Waals surface area contributed by atoms with Crippen LogP contribution in [0.2, 0.25) is 0 Å². The molecule has 4 nitrogen and oxygen atoms in total. The summed E-state index contributed by atoms with van der Waals surface area (Å²) in [4.78, 5) is 22.0. The van der Waals surface area contributed by atoms with E-state index >= 15 is 0 Å². The maximum absolute atomic E-state index is 11.8. The normalized spacial score (nSPS) is 11.1. The molecule has 0 amide bonds. The molecule has 17 heavy (non-hydrogen) atoms. The summed E-state index contributed by atoms with van der Waals surface area (Å²) in [6, 6.07) is 5.01. The summed E-state index contributed by atoms with van der Waals surface area (Å²) in [5, 5.41) is 2.80. The zero-order valence-electron chi connectivity index (χ0n) is 9.99. The minimum atomic E-state index is -0.539. The predicted molar refractivity (Wildman–Crippen MR) is 68.8 cm³/mol. The fourth-order valence-electron chi connectivity index (χ4n) is 1.27. The molecule has 0 atom stereocenters. The van der Waals surface area contributed by atoms with Gasteiger partial charge in [-0.2, -0.15) is 4.91 Å². The number of nitrogens with zero attached hydrogens (tertiary/aromatic N) is 1. The van der Waals surface area contributed by atoms with Gasteiger partial charge in [0, 0.05) is 4.47 Å². The van der Waals surface area contributed by atoms with Gasteiger partial charge in [-0.25, -0.2) is 4.79 Å². The SMILES string of the molecule is CC(C)(C)OC(=O)c1cc(Br)cc(CN=O)c1. The van der Waals surface area contributed by atoms with Gasteiger partial charge in [0.2, 0.25) is 0 Å². The number of hydrogen-bond acceptors (Lipinski definition) is 4. The first-order valence-corrected chi connectivity index (χ1v) is 5.93. The summed E-state index contributed by atoms with van der Waals surface area (Å²) in [6.45, 7) is 5.44. The Balaban J connectivity index is 2.97. The second-order valence-electron chi connectivity index (χ2n) is 4.64. The molecular formula is C12H14BrNO3. The summed E-state index contributed by atoms with van der Waals surface area (Å²) >= 11 is 3.28. The molecule has 0 aliphatic carbocycles. The zero-order valence-corrected chi connectivity index (χ0v) is 11.6. The van der Waals surface area contributed by atoms with Gasteiger partial charge in [0.25, 0.3) is 0 Å². The highest BCUT2D eigenvalue weighted by Gasteiger charge is 2.18. The Bertz CT molecular complexity index is 438. The molecule has 0 heterocycles. The second kappa shape index (κ2) is 5.40. The van der Waals surface area contributed by atoms with Gasteiger partial charge in [-0.1, -0.05) is 21.1 Å². The molecule has 1 aromatic carbocycles. The van der Waals surface area contributed by atoms with E-state index in [-0.39, 0.29) is 6.54 Å². The van der Waals surface area contributed by atoms with Gasteiger partial charge in [-0.3, -0.25) is 0 Å². The molecule has 0 aliphatic heterocycles. The monoisotopic (exact) mass is 299 g/mol. The van der Waals surface area contributed by atoms with E-state index in [9.17, 15) is 9.70 Å². The van der Waals surface area contributed by atoms with Crippen LogP contribution < -0.4 is 0 Å². The number of hydrogen-bond donors (Lipinski definition) is 0. The number of ether oxygens (including phenoxy) is 1. The van der Waals surface area contributed by atoms with Crippen molar-refractivity contribution >= 4 is 21.9 Å². The predicted octanol–water partition coefficient (Wildman–Crippen LogP) is 3.67. The highest BCUT2D eigenvalue weighted by atomic mass is 79.9. The molecule has 0 spiro atoms. The van der Waals surface area contributed by atoms with Crippen LogP contribution in [0.5, 0.6) is 0 Å². The lowest BCUT2D eigenvalue weighted by Gasteiger charge is -2.19. The van der Waals surface area contributed by atoms with Gasteiger partial charge < -0.3 is 4.74 Å². The Kier molecular flexibility index (Phi) is 4.40. The maximum Gasteiger partial charge on any atom is 0.338 e. The molecule has 92 valence electrons. The Labute approximate surface area is 108 Å². The number of rotatable bonds is 3. The molecule has 0 aliphatic rings. The number of benzene rings is 1. The van der Waals surface area contributed by atoms with Gasteiger partial charge in [0.05, 0.1) is 5.56 Å². The smallest absolute Gasteiger partial charge is 0.338 e. The molecule has 0 unspecified atom stereocenters. The molecule has 0 bridgehead atoms. The molecule has 0 aromatic heterocycles. The van der Waals surface area contributed by atoms with Crippen molar-refractivity contribution in [2.24, 2.45) is 5.18 Å². The first-order chi connectivity index (χ1) is 7.81. The largest absolute Gasteiger partial charge is 0.456 e. The molecule has 5 heteroatoms. The van der Waals surface area contributed by atoms with Gasteiger partial charge in [0.1, 0.15) is 12.1 Å². The van der Waals surface area contributed by atoms with Crippen LogP contribution in [0.25, 0.3) is 0 Å². The minimum absolute atomic E-state index is 0.0369. The van der Waals surface area contributed by atoms with Crippen molar-refractivity contribution in [1.29, 1.82) is 0 Å². The molecule has 0 N–H and O–H groups in total. The van der Waals surface area contributed by atoms with Gasteiger partial charge in [0.15, 0.2) is 0 Å². The Hall–Kier alpha value is -1.23. The van der Waals surface area contributed by atoms with Crippen molar-refractivity contribution < 1.29 is 9.53 Å². The third-order valence-electron chi connectivity index (χ3n) is 1.84. The van der Waals surface area contributed by atoms with Crippen LogP contribution in [0, 0.1) is 4.91 Å². The lowest BCUT2D eigenvalue weighted by atomic mass is 10.1. The average molecular weight is 300 g/mol. The Morgan fingerprint density at radius 1 is 1.35 bits per heavy atom. The second-order valence-corrected chi connectivity index (χ2v) is 5.55. The number of carbonyl (C=O) groups excluding carboxylic acids is 1. The van der Waals surface area contributed by atoms with Crippen molar-refractivity contribution in [3.63, 3.8) is 0 Å². The minimum Gasteiger partial charge on any atom is -0.456 e. The topological polar surface area (TPSA) is 55.7 Å². The molecule has 0 radical (unpaired) electrons. The summed E-state index contributed by atoms with van der Waals surface area (Å²) in [5.74, 6) is -0.411. The highest BCUT2D eigenvalue weighted by Crippen LogP contribution is 2.19. The number of nitroso groups, excluding NO2 is 1. The van der Waals surface area contributed by atoms with Crippen molar-refractivity contribution in [1.82, 2.24) is 0 Å². The summed E-state index contributed by atoms with van der Waals surface area (Å²) in [5.41, 5.74) is 0.547. The van der Waals surface area contributed by atoms with E-state index in [0.717, 1.165) is 4.47 Å². The van der Waals surface area contributed by atoms with E-state index < -0.39 is 11.6 Å². The first kappa shape index (κ1) is 13.8. The van der Waals surface area contributed by atoms with E-state index in [4.69, 9.17) is 4.74 Å². The third kappa shape index (κ3) is 4.65. The van der Waals surface area contributed by atoms with E-state index in [1.165, 1.54) is 0 Å². The van der Waals surface area contributed by atoms with Crippen LogP contribution in [0.1, 0.15) is 36.7 Å². The molecule has 1 aromatic rings. The van der Waals surface area contributed by atoms with Crippen LogP contribution >= 0.6 is 15.9 Å². The standard InChI is InChI=1S/C12H14BrNO3/c1-12(2,3)17-11(15)9-4-8(7-14-16)5-10(13)6-9/h4-6H,7H2,1-3H3. The number of esters is 1. The quantitative estimate of drug-likeness (QED) is 0.632. The van der Waals surface area contributed by atoms with E-state index in [0.29, 0.717) is 11.1 Å². The highest BCUT2D eigenvalue weighted by molar-refractivity contribution is 9.10. The molecular weight excluding hydrogens is 286 g/mol. The van der Waals surface area contributed by atoms with E-state index in [2.05, 4.69) is 21.1 Å². The fraction of sp³-hybridized carbons (Fsp3) is 0.417. The Morgan fingerprint density at radius 3 is 2.53 bits per heavy atom. The van der Waals surface area contributed by atoms with Crippen LogP contribution in [-0.4, -0.2) is 11.6 Å². The summed E-state index contributed by atoms with van der Waals surface area (Å²) < 4.78 is 5.97. The maximum atomic E-state index is 11.8. The third-order valence-corrected chi connectivity index (χ3v) is 2.30. The van der Waals surface area contributed by atoms with Gasteiger partial charge >= 0.3 is 5.97 Å².